The highest BCUT2D eigenvalue weighted by molar-refractivity contribution is 6.17. The monoisotopic (exact) mass is 367 g/mol. The van der Waals surface area contributed by atoms with Crippen LogP contribution in [0.3, 0.4) is 0 Å². The number of aryl methyl sites for hydroxylation is 2. The smallest absolute Gasteiger partial charge is 0.277 e. The Kier molecular flexibility index (Phi) is 5.18. The van der Waals surface area contributed by atoms with Crippen LogP contribution in [0.25, 0.3) is 0 Å². The van der Waals surface area contributed by atoms with E-state index >= 15 is 0 Å². The molecule has 140 valence electrons. The lowest BCUT2D eigenvalue weighted by atomic mass is 10.2. The second kappa shape index (κ2) is 7.55. The summed E-state index contributed by atoms with van der Waals surface area (Å²) in [4.78, 5) is 35.7. The van der Waals surface area contributed by atoms with Gasteiger partial charge in [-0.2, -0.15) is 0 Å². The molecule has 0 saturated heterocycles. The molecule has 1 aromatic carbocycles. The molecule has 1 aliphatic heterocycles. The summed E-state index contributed by atoms with van der Waals surface area (Å²) in [7, 11) is 1.88. The molecule has 1 aliphatic rings. The van der Waals surface area contributed by atoms with Gasteiger partial charge in [-0.15, -0.1) is 0 Å². The van der Waals surface area contributed by atoms with Crippen LogP contribution in [0.5, 0.6) is 0 Å². The molecule has 0 atom stereocenters. The predicted octanol–water partition coefficient (Wildman–Crippen LogP) is 1.52. The molecule has 0 aliphatic carbocycles. The summed E-state index contributed by atoms with van der Waals surface area (Å²) in [6, 6.07) is 9.27. The molecule has 2 heterocycles. The van der Waals surface area contributed by atoms with E-state index in [1.54, 1.807) is 0 Å². The molecule has 27 heavy (non-hydrogen) atoms. The molecule has 2 N–H and O–H groups in total. The number of β-amino-alcohol motifs (C(OH)–C–C–N with tert-alkyl or cyclic N) is 1. The quantitative estimate of drug-likeness (QED) is 0.747. The molecule has 0 saturated carbocycles. The molecule has 0 fully saturated rings. The van der Waals surface area contributed by atoms with Crippen LogP contribution in [0.15, 0.2) is 42.1 Å². The first kappa shape index (κ1) is 18.5. The number of hydrogen-bond acceptors (Lipinski definition) is 7. The number of aliphatic hydroxyl groups excluding tert-OH is 1. The molecular formula is C19H21N5O3. The molecule has 0 bridgehead atoms. The number of rotatable bonds is 6. The van der Waals surface area contributed by atoms with Crippen molar-refractivity contribution in [1.29, 1.82) is 0 Å². The average Bonchev–Trinajstić information content (AvgIpc) is 2.89. The van der Waals surface area contributed by atoms with E-state index < -0.39 is 11.8 Å². The van der Waals surface area contributed by atoms with Gasteiger partial charge < -0.3 is 15.3 Å². The third-order valence-corrected chi connectivity index (χ3v) is 4.14. The number of carbonyl (C=O) groups is 2. The first-order chi connectivity index (χ1) is 12.9. The Hall–Kier alpha value is -3.26. The van der Waals surface area contributed by atoms with Crippen molar-refractivity contribution in [3.8, 4) is 0 Å². The summed E-state index contributed by atoms with van der Waals surface area (Å²) in [6.07, 6.45) is 1.24. The lowest BCUT2D eigenvalue weighted by molar-refractivity contribution is -0.137. The van der Waals surface area contributed by atoms with E-state index in [0.717, 1.165) is 22.0 Å². The van der Waals surface area contributed by atoms with Gasteiger partial charge in [0.25, 0.3) is 11.8 Å². The highest BCUT2D eigenvalue weighted by Gasteiger charge is 2.30. The number of nitrogens with zero attached hydrogens (tertiary/aromatic N) is 4. The van der Waals surface area contributed by atoms with Crippen LogP contribution in [0.2, 0.25) is 0 Å². The number of benzene rings is 1. The summed E-state index contributed by atoms with van der Waals surface area (Å²) in [5, 5.41) is 11.9. The van der Waals surface area contributed by atoms with Gasteiger partial charge in [0.15, 0.2) is 0 Å². The summed E-state index contributed by atoms with van der Waals surface area (Å²) in [5.41, 5.74) is 3.53. The fourth-order valence-electron chi connectivity index (χ4n) is 2.81. The zero-order valence-electron chi connectivity index (χ0n) is 15.4. The lowest BCUT2D eigenvalue weighted by Gasteiger charge is -2.18. The third kappa shape index (κ3) is 3.95. The van der Waals surface area contributed by atoms with E-state index in [2.05, 4.69) is 15.3 Å². The van der Waals surface area contributed by atoms with Crippen molar-refractivity contribution in [2.45, 2.75) is 13.8 Å². The molecule has 0 radical (unpaired) electrons. The van der Waals surface area contributed by atoms with E-state index in [1.807, 2.05) is 56.1 Å². The Balaban J connectivity index is 1.73. The minimum absolute atomic E-state index is 0.0149. The number of amides is 2. The molecule has 1 aromatic heterocycles. The van der Waals surface area contributed by atoms with Gasteiger partial charge in [-0.05, 0) is 44.2 Å². The van der Waals surface area contributed by atoms with Crippen LogP contribution in [-0.2, 0) is 9.59 Å². The highest BCUT2D eigenvalue weighted by Crippen LogP contribution is 2.24. The Morgan fingerprint density at radius 3 is 2.33 bits per heavy atom. The SMILES string of the molecule is Cc1cc(C)nc(N(C)c2ccc(NC3=CC(=O)N(CCO)C3=O)cc2)n1. The molecule has 0 spiro atoms. The zero-order chi connectivity index (χ0) is 19.6. The minimum atomic E-state index is -0.445. The van der Waals surface area contributed by atoms with Gasteiger partial charge in [0.1, 0.15) is 5.70 Å². The van der Waals surface area contributed by atoms with Gasteiger partial charge in [0.2, 0.25) is 5.95 Å². The fourth-order valence-corrected chi connectivity index (χ4v) is 2.81. The lowest BCUT2D eigenvalue weighted by Crippen LogP contribution is -2.34. The first-order valence-corrected chi connectivity index (χ1v) is 8.50. The number of aliphatic hydroxyl groups is 1. The number of hydrogen-bond donors (Lipinski definition) is 2. The number of carbonyl (C=O) groups excluding carboxylic acids is 2. The Bertz CT molecular complexity index is 888. The fraction of sp³-hybridized carbons (Fsp3) is 0.263. The third-order valence-electron chi connectivity index (χ3n) is 4.14. The van der Waals surface area contributed by atoms with Gasteiger partial charge in [0, 0.05) is 35.9 Å². The van der Waals surface area contributed by atoms with E-state index in [9.17, 15) is 9.59 Å². The van der Waals surface area contributed by atoms with Crippen LogP contribution in [-0.4, -0.2) is 52.0 Å². The predicted molar refractivity (Wildman–Crippen MR) is 102 cm³/mol. The number of anilines is 3. The number of nitrogens with one attached hydrogen (secondary N) is 1. The second-order valence-electron chi connectivity index (χ2n) is 6.26. The van der Waals surface area contributed by atoms with Gasteiger partial charge >= 0.3 is 0 Å². The van der Waals surface area contributed by atoms with Crippen molar-refractivity contribution < 1.29 is 14.7 Å². The molecule has 2 amide bonds. The normalized spacial score (nSPS) is 13.8. The second-order valence-corrected chi connectivity index (χ2v) is 6.26. The number of aromatic nitrogens is 2. The maximum atomic E-state index is 12.2. The van der Waals surface area contributed by atoms with E-state index in [4.69, 9.17) is 5.11 Å². The van der Waals surface area contributed by atoms with Crippen molar-refractivity contribution in [3.05, 3.63) is 53.5 Å². The Labute approximate surface area is 157 Å². The van der Waals surface area contributed by atoms with Crippen LogP contribution in [0.1, 0.15) is 11.4 Å². The Morgan fingerprint density at radius 1 is 1.11 bits per heavy atom. The topological polar surface area (TPSA) is 98.7 Å². The highest BCUT2D eigenvalue weighted by atomic mass is 16.3. The summed E-state index contributed by atoms with van der Waals surface area (Å²) >= 11 is 0. The van der Waals surface area contributed by atoms with Crippen molar-refractivity contribution in [2.75, 3.05) is 30.4 Å². The molecule has 8 heteroatoms. The Morgan fingerprint density at radius 2 is 1.74 bits per heavy atom. The van der Waals surface area contributed by atoms with Gasteiger partial charge in [0.05, 0.1) is 13.2 Å². The molecule has 0 unspecified atom stereocenters. The van der Waals surface area contributed by atoms with E-state index in [0.29, 0.717) is 11.6 Å². The average molecular weight is 367 g/mol. The van der Waals surface area contributed by atoms with Crippen molar-refractivity contribution in [2.24, 2.45) is 0 Å². The molecule has 8 nitrogen and oxygen atoms in total. The van der Waals surface area contributed by atoms with Crippen molar-refractivity contribution in [3.63, 3.8) is 0 Å². The van der Waals surface area contributed by atoms with Crippen LogP contribution in [0, 0.1) is 13.8 Å². The maximum Gasteiger partial charge on any atom is 0.277 e. The standard InChI is InChI=1S/C19H21N5O3/c1-12-10-13(2)21-19(20-12)23(3)15-6-4-14(5-7-15)22-16-11-17(26)24(8-9-25)18(16)27/h4-7,10-11,22,25H,8-9H2,1-3H3. The molecule has 3 rings (SSSR count). The molecular weight excluding hydrogens is 346 g/mol. The summed E-state index contributed by atoms with van der Waals surface area (Å²) < 4.78 is 0. The first-order valence-electron chi connectivity index (χ1n) is 8.50. The minimum Gasteiger partial charge on any atom is -0.395 e. The van der Waals surface area contributed by atoms with Crippen LogP contribution < -0.4 is 10.2 Å². The van der Waals surface area contributed by atoms with Gasteiger partial charge in [-0.25, -0.2) is 9.97 Å². The van der Waals surface area contributed by atoms with E-state index in [-0.39, 0.29) is 18.8 Å². The van der Waals surface area contributed by atoms with Crippen molar-refractivity contribution >= 4 is 29.1 Å². The van der Waals surface area contributed by atoms with Gasteiger partial charge in [-0.3, -0.25) is 14.5 Å². The van der Waals surface area contributed by atoms with Crippen LogP contribution in [0.4, 0.5) is 17.3 Å². The number of imide groups is 1. The summed E-state index contributed by atoms with van der Waals surface area (Å²) in [5.74, 6) is -0.272. The van der Waals surface area contributed by atoms with Crippen molar-refractivity contribution in [1.82, 2.24) is 14.9 Å². The van der Waals surface area contributed by atoms with Crippen LogP contribution >= 0.6 is 0 Å². The zero-order valence-corrected chi connectivity index (χ0v) is 15.4. The molecule has 2 aromatic rings. The van der Waals surface area contributed by atoms with E-state index in [1.165, 1.54) is 6.08 Å². The van der Waals surface area contributed by atoms with Gasteiger partial charge in [-0.1, -0.05) is 0 Å². The maximum absolute atomic E-state index is 12.2. The summed E-state index contributed by atoms with van der Waals surface area (Å²) in [6.45, 7) is 3.57. The largest absolute Gasteiger partial charge is 0.395 e.